The van der Waals surface area contributed by atoms with Gasteiger partial charge < -0.3 is 9.84 Å². The van der Waals surface area contributed by atoms with Crippen LogP contribution in [0.2, 0.25) is 0 Å². The lowest BCUT2D eigenvalue weighted by molar-refractivity contribution is 0.0363. The molecule has 0 amide bonds. The molecule has 116 valence electrons. The van der Waals surface area contributed by atoms with Crippen LogP contribution in [-0.4, -0.2) is 34.7 Å². The van der Waals surface area contributed by atoms with Gasteiger partial charge in [-0.15, -0.1) is 0 Å². The summed E-state index contributed by atoms with van der Waals surface area (Å²) in [6, 6.07) is 14.6. The highest BCUT2D eigenvalue weighted by Gasteiger charge is 2.28. The number of pyridine rings is 1. The fraction of sp³-hybridized carbons (Fsp3) is 0.389. The van der Waals surface area contributed by atoms with Gasteiger partial charge >= 0.3 is 0 Å². The van der Waals surface area contributed by atoms with E-state index in [4.69, 9.17) is 4.74 Å². The zero-order valence-electron chi connectivity index (χ0n) is 12.9. The van der Waals surface area contributed by atoms with Crippen LogP contribution in [0.5, 0.6) is 5.88 Å². The number of piperidine rings is 1. The summed E-state index contributed by atoms with van der Waals surface area (Å²) in [4.78, 5) is 6.70. The lowest BCUT2D eigenvalue weighted by Gasteiger charge is -2.38. The first-order valence-corrected chi connectivity index (χ1v) is 7.72. The Hall–Kier alpha value is -1.91. The van der Waals surface area contributed by atoms with E-state index in [2.05, 4.69) is 40.2 Å². The number of methoxy groups -OCH3 is 1. The van der Waals surface area contributed by atoms with Gasteiger partial charge in [0.1, 0.15) is 0 Å². The van der Waals surface area contributed by atoms with E-state index in [1.165, 1.54) is 5.56 Å². The van der Waals surface area contributed by atoms with Crippen LogP contribution in [0.25, 0.3) is 0 Å². The van der Waals surface area contributed by atoms with Crippen LogP contribution in [0.3, 0.4) is 0 Å². The smallest absolute Gasteiger partial charge is 0.212 e. The molecule has 0 bridgehead atoms. The van der Waals surface area contributed by atoms with Crippen LogP contribution < -0.4 is 4.74 Å². The van der Waals surface area contributed by atoms with Crippen LogP contribution in [0, 0.1) is 0 Å². The Morgan fingerprint density at radius 1 is 1.23 bits per heavy atom. The second-order valence-electron chi connectivity index (χ2n) is 5.78. The summed E-state index contributed by atoms with van der Waals surface area (Å²) in [6.45, 7) is 1.73. The maximum atomic E-state index is 10.0. The second kappa shape index (κ2) is 6.90. The van der Waals surface area contributed by atoms with E-state index in [0.29, 0.717) is 5.88 Å². The number of benzene rings is 1. The zero-order valence-corrected chi connectivity index (χ0v) is 12.9. The highest BCUT2D eigenvalue weighted by molar-refractivity contribution is 5.22. The average molecular weight is 298 g/mol. The van der Waals surface area contributed by atoms with Crippen molar-refractivity contribution in [2.24, 2.45) is 0 Å². The standard InChI is InChI=1S/C18H22N2O2/c1-22-18-8-7-14(12-19-18)13-20-10-9-16(21)11-17(20)15-5-3-2-4-6-15/h2-8,12,16-17,21H,9-11,13H2,1H3. The van der Waals surface area contributed by atoms with Crippen LogP contribution in [0.15, 0.2) is 48.7 Å². The number of aliphatic hydroxyl groups is 1. The molecule has 4 nitrogen and oxygen atoms in total. The fourth-order valence-electron chi connectivity index (χ4n) is 3.07. The molecule has 1 aromatic heterocycles. The minimum absolute atomic E-state index is 0.213. The Kier molecular flexibility index (Phi) is 4.71. The molecule has 0 spiro atoms. The molecule has 3 rings (SSSR count). The summed E-state index contributed by atoms with van der Waals surface area (Å²) < 4.78 is 5.11. The van der Waals surface area contributed by atoms with E-state index >= 15 is 0 Å². The maximum absolute atomic E-state index is 10.0. The number of rotatable bonds is 4. The first-order valence-electron chi connectivity index (χ1n) is 7.72. The molecule has 0 aliphatic carbocycles. The molecule has 2 aromatic rings. The Balaban J connectivity index is 1.77. The number of likely N-dealkylation sites (tertiary alicyclic amines) is 1. The molecular formula is C18H22N2O2. The molecule has 2 atom stereocenters. The summed E-state index contributed by atoms with van der Waals surface area (Å²) in [7, 11) is 1.62. The summed E-state index contributed by atoms with van der Waals surface area (Å²) in [6.07, 6.45) is 3.27. The summed E-state index contributed by atoms with van der Waals surface area (Å²) in [5.41, 5.74) is 2.43. The molecule has 1 fully saturated rings. The van der Waals surface area contributed by atoms with Gasteiger partial charge in [0.25, 0.3) is 0 Å². The topological polar surface area (TPSA) is 45.6 Å². The van der Waals surface area contributed by atoms with Crippen molar-refractivity contribution < 1.29 is 9.84 Å². The maximum Gasteiger partial charge on any atom is 0.212 e. The van der Waals surface area contributed by atoms with Crippen molar-refractivity contribution in [3.63, 3.8) is 0 Å². The minimum Gasteiger partial charge on any atom is -0.481 e. The highest BCUT2D eigenvalue weighted by atomic mass is 16.5. The van der Waals surface area contributed by atoms with Gasteiger partial charge in [0.05, 0.1) is 13.2 Å². The predicted octanol–water partition coefficient (Wildman–Crippen LogP) is 2.79. The van der Waals surface area contributed by atoms with E-state index in [1.54, 1.807) is 7.11 Å². The first-order chi connectivity index (χ1) is 10.8. The summed E-state index contributed by atoms with van der Waals surface area (Å²) in [5, 5.41) is 10.0. The van der Waals surface area contributed by atoms with Gasteiger partial charge in [-0.25, -0.2) is 4.98 Å². The number of ether oxygens (including phenoxy) is 1. The monoisotopic (exact) mass is 298 g/mol. The third-order valence-electron chi connectivity index (χ3n) is 4.26. The lowest BCUT2D eigenvalue weighted by Crippen LogP contribution is -2.38. The third-order valence-corrected chi connectivity index (χ3v) is 4.26. The number of aromatic nitrogens is 1. The molecule has 1 saturated heterocycles. The van der Waals surface area contributed by atoms with E-state index in [-0.39, 0.29) is 12.1 Å². The number of nitrogens with zero attached hydrogens (tertiary/aromatic N) is 2. The summed E-state index contributed by atoms with van der Waals surface area (Å²) in [5.74, 6) is 0.637. The molecule has 1 N–H and O–H groups in total. The molecule has 22 heavy (non-hydrogen) atoms. The van der Waals surface area contributed by atoms with Crippen LogP contribution in [0.4, 0.5) is 0 Å². The second-order valence-corrected chi connectivity index (χ2v) is 5.78. The Morgan fingerprint density at radius 2 is 2.05 bits per heavy atom. The lowest BCUT2D eigenvalue weighted by atomic mass is 9.93. The number of aliphatic hydroxyl groups excluding tert-OH is 1. The van der Waals surface area contributed by atoms with E-state index in [9.17, 15) is 5.11 Å². The number of hydrogen-bond acceptors (Lipinski definition) is 4. The molecule has 1 aromatic carbocycles. The van der Waals surface area contributed by atoms with Gasteiger partial charge in [-0.3, -0.25) is 4.90 Å². The summed E-state index contributed by atoms with van der Waals surface area (Å²) >= 11 is 0. The van der Waals surface area contributed by atoms with E-state index < -0.39 is 0 Å². The Morgan fingerprint density at radius 3 is 2.73 bits per heavy atom. The molecule has 0 radical (unpaired) electrons. The zero-order chi connectivity index (χ0) is 15.4. The van der Waals surface area contributed by atoms with E-state index in [1.807, 2.05) is 18.3 Å². The minimum atomic E-state index is -0.213. The molecule has 2 unspecified atom stereocenters. The largest absolute Gasteiger partial charge is 0.481 e. The van der Waals surface area contributed by atoms with Gasteiger partial charge in [-0.1, -0.05) is 36.4 Å². The SMILES string of the molecule is COc1ccc(CN2CCC(O)CC2c2ccccc2)cn1. The van der Waals surface area contributed by atoms with Crippen molar-refractivity contribution in [2.45, 2.75) is 31.5 Å². The van der Waals surface area contributed by atoms with Crippen molar-refractivity contribution in [1.82, 2.24) is 9.88 Å². The molecular weight excluding hydrogens is 276 g/mol. The first kappa shape index (κ1) is 15.0. The van der Waals surface area contributed by atoms with E-state index in [0.717, 1.165) is 31.5 Å². The number of hydrogen-bond donors (Lipinski definition) is 1. The third kappa shape index (κ3) is 3.46. The van der Waals surface area contributed by atoms with Crippen LogP contribution >= 0.6 is 0 Å². The Labute approximate surface area is 131 Å². The fourth-order valence-corrected chi connectivity index (χ4v) is 3.07. The molecule has 0 saturated carbocycles. The molecule has 4 heteroatoms. The predicted molar refractivity (Wildman–Crippen MR) is 85.6 cm³/mol. The van der Waals surface area contributed by atoms with Gasteiger partial charge in [0.15, 0.2) is 0 Å². The van der Waals surface area contributed by atoms with Crippen molar-refractivity contribution >= 4 is 0 Å². The van der Waals surface area contributed by atoms with Crippen LogP contribution in [0.1, 0.15) is 30.0 Å². The average Bonchev–Trinajstić information content (AvgIpc) is 2.58. The van der Waals surface area contributed by atoms with Crippen molar-refractivity contribution in [3.8, 4) is 5.88 Å². The van der Waals surface area contributed by atoms with Gasteiger partial charge in [0.2, 0.25) is 5.88 Å². The van der Waals surface area contributed by atoms with Gasteiger partial charge in [-0.2, -0.15) is 0 Å². The highest BCUT2D eigenvalue weighted by Crippen LogP contribution is 2.32. The normalized spacial score (nSPS) is 22.5. The van der Waals surface area contributed by atoms with Crippen LogP contribution in [-0.2, 0) is 6.54 Å². The quantitative estimate of drug-likeness (QED) is 0.943. The van der Waals surface area contributed by atoms with Crippen molar-refractivity contribution in [1.29, 1.82) is 0 Å². The van der Waals surface area contributed by atoms with Crippen molar-refractivity contribution in [2.75, 3.05) is 13.7 Å². The Bertz CT molecular complexity index is 586. The molecule has 1 aliphatic rings. The molecule has 1 aliphatic heterocycles. The molecule has 2 heterocycles. The van der Waals surface area contributed by atoms with Crippen molar-refractivity contribution in [3.05, 3.63) is 59.8 Å². The van der Waals surface area contributed by atoms with Gasteiger partial charge in [0, 0.05) is 31.4 Å². The van der Waals surface area contributed by atoms with Gasteiger partial charge in [-0.05, 0) is 24.0 Å².